The number of ether oxygens (including phenoxy) is 1. The van der Waals surface area contributed by atoms with Gasteiger partial charge in [0, 0.05) is 23.6 Å². The second kappa shape index (κ2) is 5.48. The number of aryl methyl sites for hydroxylation is 1. The summed E-state index contributed by atoms with van der Waals surface area (Å²) in [5.74, 6) is -1.41. The summed E-state index contributed by atoms with van der Waals surface area (Å²) in [7, 11) is 0. The summed E-state index contributed by atoms with van der Waals surface area (Å²) in [5.41, 5.74) is 7.26. The van der Waals surface area contributed by atoms with Gasteiger partial charge in [0.05, 0.1) is 5.56 Å². The Bertz CT molecular complexity index is 614. The summed E-state index contributed by atoms with van der Waals surface area (Å²) in [6.45, 7) is 1.94. The number of hydrogen-bond donors (Lipinski definition) is 1. The van der Waals surface area contributed by atoms with E-state index in [0.717, 1.165) is 17.2 Å². The number of aromatic nitrogens is 1. The van der Waals surface area contributed by atoms with E-state index >= 15 is 0 Å². The van der Waals surface area contributed by atoms with E-state index in [2.05, 4.69) is 4.98 Å². The molecule has 0 aliphatic heterocycles. The number of hydrogen-bond acceptors (Lipinski definition) is 4. The fraction of sp³-hybridized carbons (Fsp3) is 0.143. The lowest BCUT2D eigenvalue weighted by Gasteiger charge is -2.06. The van der Waals surface area contributed by atoms with Crippen LogP contribution in [0.3, 0.4) is 0 Å². The van der Waals surface area contributed by atoms with Crippen LogP contribution >= 0.6 is 0 Å². The maximum Gasteiger partial charge on any atom is 0.341 e. The molecular weight excluding hydrogens is 247 g/mol. The number of nitrogens with two attached hydrogens (primary N) is 1. The van der Waals surface area contributed by atoms with E-state index in [-0.39, 0.29) is 17.9 Å². The zero-order valence-corrected chi connectivity index (χ0v) is 10.4. The Labute approximate surface area is 110 Å². The highest BCUT2D eigenvalue weighted by Gasteiger charge is 2.13. The van der Waals surface area contributed by atoms with Crippen molar-refractivity contribution in [2.45, 2.75) is 13.5 Å². The van der Waals surface area contributed by atoms with Gasteiger partial charge in [-0.2, -0.15) is 0 Å². The minimum Gasteiger partial charge on any atom is -0.457 e. The van der Waals surface area contributed by atoms with Gasteiger partial charge in [-0.15, -0.1) is 0 Å². The molecule has 5 heteroatoms. The minimum atomic E-state index is -0.723. The number of benzene rings is 1. The molecule has 0 spiro atoms. The molecule has 19 heavy (non-hydrogen) atoms. The van der Waals surface area contributed by atoms with Crippen LogP contribution in [-0.4, -0.2) is 11.0 Å². The van der Waals surface area contributed by atoms with Gasteiger partial charge in [0.25, 0.3) is 0 Å². The quantitative estimate of drug-likeness (QED) is 0.680. The molecule has 0 saturated heterocycles. The smallest absolute Gasteiger partial charge is 0.341 e. The van der Waals surface area contributed by atoms with E-state index in [0.29, 0.717) is 0 Å². The fourth-order valence-corrected chi connectivity index (χ4v) is 1.62. The Morgan fingerprint density at radius 2 is 2.16 bits per heavy atom. The molecule has 1 aromatic heterocycles. The molecule has 1 heterocycles. The first-order valence-electron chi connectivity index (χ1n) is 5.69. The number of rotatable bonds is 3. The number of anilines is 1. The molecular formula is C14H13FN2O2. The first kappa shape index (κ1) is 13.0. The topological polar surface area (TPSA) is 65.2 Å². The summed E-state index contributed by atoms with van der Waals surface area (Å²) in [6, 6.07) is 5.69. The Kier molecular flexibility index (Phi) is 3.75. The predicted octanol–water partition coefficient (Wildman–Crippen LogP) is 2.47. The number of nitrogen functional groups attached to an aromatic ring is 1. The number of halogens is 1. The van der Waals surface area contributed by atoms with Crippen LogP contribution in [0.2, 0.25) is 0 Å². The van der Waals surface area contributed by atoms with Crippen LogP contribution in [-0.2, 0) is 11.3 Å². The molecule has 0 fully saturated rings. The summed E-state index contributed by atoms with van der Waals surface area (Å²) in [5, 5.41) is 0. The van der Waals surface area contributed by atoms with Crippen molar-refractivity contribution in [2.75, 3.05) is 5.73 Å². The van der Waals surface area contributed by atoms with Gasteiger partial charge in [0.2, 0.25) is 0 Å². The molecule has 0 aliphatic carbocycles. The first-order chi connectivity index (χ1) is 9.06. The van der Waals surface area contributed by atoms with Gasteiger partial charge in [0.15, 0.2) is 0 Å². The predicted molar refractivity (Wildman–Crippen MR) is 68.9 cm³/mol. The minimum absolute atomic E-state index is 0.0529. The second-order valence-electron chi connectivity index (χ2n) is 4.19. The van der Waals surface area contributed by atoms with Crippen LogP contribution < -0.4 is 5.73 Å². The van der Waals surface area contributed by atoms with Crippen molar-refractivity contribution in [2.24, 2.45) is 0 Å². The average molecular weight is 260 g/mol. The van der Waals surface area contributed by atoms with Gasteiger partial charge in [-0.3, -0.25) is 4.98 Å². The molecule has 0 aliphatic rings. The fourth-order valence-electron chi connectivity index (χ4n) is 1.62. The lowest BCUT2D eigenvalue weighted by Crippen LogP contribution is -2.08. The molecule has 0 radical (unpaired) electrons. The van der Waals surface area contributed by atoms with Crippen molar-refractivity contribution >= 4 is 11.7 Å². The largest absolute Gasteiger partial charge is 0.457 e. The highest BCUT2D eigenvalue weighted by molar-refractivity contribution is 5.90. The summed E-state index contributed by atoms with van der Waals surface area (Å²) < 4.78 is 18.5. The van der Waals surface area contributed by atoms with Gasteiger partial charge in [-0.05, 0) is 36.8 Å². The van der Waals surface area contributed by atoms with E-state index in [9.17, 15) is 9.18 Å². The van der Waals surface area contributed by atoms with Crippen LogP contribution in [0.4, 0.5) is 10.1 Å². The van der Waals surface area contributed by atoms with Crippen LogP contribution in [0.5, 0.6) is 0 Å². The van der Waals surface area contributed by atoms with Crippen molar-refractivity contribution in [3.8, 4) is 0 Å². The van der Waals surface area contributed by atoms with Gasteiger partial charge in [0.1, 0.15) is 12.4 Å². The number of pyridine rings is 1. The maximum atomic E-state index is 13.5. The van der Waals surface area contributed by atoms with Crippen molar-refractivity contribution in [3.63, 3.8) is 0 Å². The standard InChI is InChI=1S/C14H13FN2O2/c1-9-4-10(7-17-6-9)8-19-14(18)12-3-2-11(16)5-13(12)15/h2-7H,8,16H2,1H3. The number of carbonyl (C=O) groups is 1. The Morgan fingerprint density at radius 1 is 1.37 bits per heavy atom. The van der Waals surface area contributed by atoms with Crippen molar-refractivity contribution in [1.29, 1.82) is 0 Å². The number of carbonyl (C=O) groups excluding carboxylic acids is 1. The molecule has 0 atom stereocenters. The summed E-state index contributed by atoms with van der Waals surface area (Å²) >= 11 is 0. The summed E-state index contributed by atoms with van der Waals surface area (Å²) in [4.78, 5) is 15.7. The van der Waals surface area contributed by atoms with E-state index in [1.165, 1.54) is 12.1 Å². The lowest BCUT2D eigenvalue weighted by atomic mass is 10.2. The molecule has 0 unspecified atom stereocenters. The van der Waals surface area contributed by atoms with Crippen molar-refractivity contribution in [3.05, 3.63) is 59.2 Å². The molecule has 2 N–H and O–H groups in total. The maximum absolute atomic E-state index is 13.5. The van der Waals surface area contributed by atoms with E-state index in [1.54, 1.807) is 12.4 Å². The van der Waals surface area contributed by atoms with Crippen molar-refractivity contribution < 1.29 is 13.9 Å². The van der Waals surface area contributed by atoms with Gasteiger partial charge in [-0.1, -0.05) is 0 Å². The third-order valence-corrected chi connectivity index (χ3v) is 2.51. The van der Waals surface area contributed by atoms with E-state index in [4.69, 9.17) is 10.5 Å². The SMILES string of the molecule is Cc1cncc(COC(=O)c2ccc(N)cc2F)c1. The highest BCUT2D eigenvalue weighted by Crippen LogP contribution is 2.14. The van der Waals surface area contributed by atoms with Gasteiger partial charge in [-0.25, -0.2) is 9.18 Å². The second-order valence-corrected chi connectivity index (χ2v) is 4.19. The van der Waals surface area contributed by atoms with Crippen LogP contribution in [0, 0.1) is 12.7 Å². The van der Waals surface area contributed by atoms with Crippen LogP contribution in [0.15, 0.2) is 36.7 Å². The molecule has 2 rings (SSSR count). The lowest BCUT2D eigenvalue weighted by molar-refractivity contribution is 0.0467. The number of nitrogens with zero attached hydrogens (tertiary/aromatic N) is 1. The molecule has 0 amide bonds. The molecule has 98 valence electrons. The normalized spacial score (nSPS) is 10.2. The van der Waals surface area contributed by atoms with Gasteiger partial charge < -0.3 is 10.5 Å². The number of esters is 1. The Morgan fingerprint density at radius 3 is 2.84 bits per heavy atom. The van der Waals surface area contributed by atoms with Crippen LogP contribution in [0.1, 0.15) is 21.5 Å². The zero-order chi connectivity index (χ0) is 13.8. The monoisotopic (exact) mass is 260 g/mol. The first-order valence-corrected chi connectivity index (χ1v) is 5.69. The highest BCUT2D eigenvalue weighted by atomic mass is 19.1. The zero-order valence-electron chi connectivity index (χ0n) is 10.4. The summed E-state index contributed by atoms with van der Waals surface area (Å²) in [6.07, 6.45) is 3.30. The Balaban J connectivity index is 2.05. The molecule has 0 saturated carbocycles. The molecule has 1 aromatic carbocycles. The molecule has 2 aromatic rings. The average Bonchev–Trinajstić information content (AvgIpc) is 2.36. The van der Waals surface area contributed by atoms with E-state index in [1.807, 2.05) is 13.0 Å². The molecule has 4 nitrogen and oxygen atoms in total. The van der Waals surface area contributed by atoms with Crippen LogP contribution in [0.25, 0.3) is 0 Å². The van der Waals surface area contributed by atoms with Gasteiger partial charge >= 0.3 is 5.97 Å². The Hall–Kier alpha value is -2.43. The van der Waals surface area contributed by atoms with Crippen molar-refractivity contribution in [1.82, 2.24) is 4.98 Å². The molecule has 0 bridgehead atoms. The third kappa shape index (κ3) is 3.28. The third-order valence-electron chi connectivity index (χ3n) is 2.51. The van der Waals surface area contributed by atoms with E-state index < -0.39 is 11.8 Å².